The number of aliphatic hydroxyl groups excluding tert-OH is 1. The number of ether oxygens (including phenoxy) is 1. The number of amides is 2. The van der Waals surface area contributed by atoms with Crippen molar-refractivity contribution in [2.75, 3.05) is 11.9 Å². The number of nitrogens with one attached hydrogen (secondary N) is 2. The highest BCUT2D eigenvalue weighted by Gasteiger charge is 2.29. The standard InChI is InChI=1S/C21H25F3N4O4/c1-11(2)18(30)28-17-7-14(6-16(9-29)27-17)19(31)26-13(4)15-5-12(3)20(25-8-15)32-10-21(22,23)24/h5-8,11,13,29H,9-10H2,1-4H3,(H,26,31)(H,27,28,30). The number of pyridine rings is 2. The zero-order valence-electron chi connectivity index (χ0n) is 18.1. The van der Waals surface area contributed by atoms with Crippen molar-refractivity contribution >= 4 is 17.6 Å². The fourth-order valence-electron chi connectivity index (χ4n) is 2.62. The van der Waals surface area contributed by atoms with Gasteiger partial charge in [0.05, 0.1) is 18.3 Å². The first-order valence-electron chi connectivity index (χ1n) is 9.79. The van der Waals surface area contributed by atoms with Crippen molar-refractivity contribution < 1.29 is 32.6 Å². The molecule has 0 aromatic carbocycles. The number of alkyl halides is 3. The van der Waals surface area contributed by atoms with E-state index in [4.69, 9.17) is 0 Å². The number of aromatic nitrogens is 2. The van der Waals surface area contributed by atoms with E-state index < -0.39 is 31.3 Å². The molecule has 8 nitrogen and oxygen atoms in total. The first-order chi connectivity index (χ1) is 14.9. The number of carbonyl (C=O) groups excluding carboxylic acids is 2. The van der Waals surface area contributed by atoms with Gasteiger partial charge >= 0.3 is 6.18 Å². The molecule has 11 heteroatoms. The molecule has 2 aromatic rings. The number of hydrogen-bond donors (Lipinski definition) is 3. The molecular formula is C21H25F3N4O4. The molecule has 174 valence electrons. The summed E-state index contributed by atoms with van der Waals surface area (Å²) in [5.74, 6) is -1.09. The number of hydrogen-bond acceptors (Lipinski definition) is 6. The molecule has 1 atom stereocenters. The molecule has 32 heavy (non-hydrogen) atoms. The number of nitrogens with zero attached hydrogens (tertiary/aromatic N) is 2. The Morgan fingerprint density at radius 3 is 2.44 bits per heavy atom. The Morgan fingerprint density at radius 1 is 1.19 bits per heavy atom. The summed E-state index contributed by atoms with van der Waals surface area (Å²) in [5, 5.41) is 14.8. The molecule has 0 fully saturated rings. The van der Waals surface area contributed by atoms with Crippen molar-refractivity contribution in [1.82, 2.24) is 15.3 Å². The first-order valence-corrected chi connectivity index (χ1v) is 9.79. The Labute approximate surface area is 183 Å². The molecule has 0 spiro atoms. The van der Waals surface area contributed by atoms with Crippen molar-refractivity contribution in [3.63, 3.8) is 0 Å². The van der Waals surface area contributed by atoms with Crippen LogP contribution >= 0.6 is 0 Å². The number of carbonyl (C=O) groups is 2. The molecule has 2 aromatic heterocycles. The molecule has 2 rings (SSSR count). The molecule has 0 bridgehead atoms. The summed E-state index contributed by atoms with van der Waals surface area (Å²) in [5.41, 5.74) is 1.32. The maximum atomic E-state index is 12.7. The van der Waals surface area contributed by atoms with E-state index in [9.17, 15) is 27.9 Å². The van der Waals surface area contributed by atoms with Crippen molar-refractivity contribution in [3.05, 3.63) is 46.8 Å². The predicted octanol–water partition coefficient (Wildman–Crippen LogP) is 3.30. The molecule has 0 aliphatic carbocycles. The Hall–Kier alpha value is -3.21. The third kappa shape index (κ3) is 7.19. The SMILES string of the molecule is Cc1cc(C(C)NC(=O)c2cc(CO)nc(NC(=O)C(C)C)c2)cnc1OCC(F)(F)F. The van der Waals surface area contributed by atoms with E-state index in [2.05, 4.69) is 25.3 Å². The summed E-state index contributed by atoms with van der Waals surface area (Å²) in [7, 11) is 0. The van der Waals surface area contributed by atoms with Gasteiger partial charge < -0.3 is 20.5 Å². The number of aryl methyl sites for hydroxylation is 1. The van der Waals surface area contributed by atoms with Crippen LogP contribution in [0.15, 0.2) is 24.4 Å². The second-order valence-electron chi connectivity index (χ2n) is 7.52. The molecule has 0 saturated carbocycles. The van der Waals surface area contributed by atoms with Gasteiger partial charge in [0.25, 0.3) is 5.91 Å². The number of aliphatic hydroxyl groups is 1. The van der Waals surface area contributed by atoms with Gasteiger partial charge in [-0.1, -0.05) is 13.8 Å². The molecule has 0 aliphatic rings. The Balaban J connectivity index is 2.14. The largest absolute Gasteiger partial charge is 0.468 e. The van der Waals surface area contributed by atoms with E-state index in [1.165, 1.54) is 18.3 Å². The average molecular weight is 454 g/mol. The van der Waals surface area contributed by atoms with Gasteiger partial charge in [-0.3, -0.25) is 9.59 Å². The van der Waals surface area contributed by atoms with Crippen molar-refractivity contribution in [1.29, 1.82) is 0 Å². The number of rotatable bonds is 8. The molecule has 0 aliphatic heterocycles. The molecule has 1 unspecified atom stereocenters. The van der Waals surface area contributed by atoms with Crippen molar-refractivity contribution in [2.45, 2.75) is 46.5 Å². The van der Waals surface area contributed by atoms with Crippen LogP contribution in [0.1, 0.15) is 54.0 Å². The van der Waals surface area contributed by atoms with E-state index in [1.807, 2.05) is 0 Å². The Morgan fingerprint density at radius 2 is 1.88 bits per heavy atom. The van der Waals surface area contributed by atoms with Gasteiger partial charge in [0.15, 0.2) is 6.61 Å². The monoisotopic (exact) mass is 454 g/mol. The summed E-state index contributed by atoms with van der Waals surface area (Å²) in [6.07, 6.45) is -3.15. The second kappa shape index (κ2) is 10.4. The van der Waals surface area contributed by atoms with E-state index in [0.29, 0.717) is 11.1 Å². The summed E-state index contributed by atoms with van der Waals surface area (Å²) < 4.78 is 41.7. The lowest BCUT2D eigenvalue weighted by atomic mass is 10.1. The molecule has 0 radical (unpaired) electrons. The van der Waals surface area contributed by atoms with Gasteiger partial charge in [-0.05, 0) is 37.6 Å². The first kappa shape index (κ1) is 25.1. The van der Waals surface area contributed by atoms with Crippen molar-refractivity contribution in [2.24, 2.45) is 5.92 Å². The molecular weight excluding hydrogens is 429 g/mol. The van der Waals surface area contributed by atoms with Crippen molar-refractivity contribution in [3.8, 4) is 5.88 Å². The zero-order valence-corrected chi connectivity index (χ0v) is 18.1. The lowest BCUT2D eigenvalue weighted by molar-refractivity contribution is -0.154. The van der Waals surface area contributed by atoms with Crippen LogP contribution in [0.3, 0.4) is 0 Å². The highest BCUT2D eigenvalue weighted by molar-refractivity contribution is 5.97. The third-order valence-electron chi connectivity index (χ3n) is 4.35. The van der Waals surface area contributed by atoms with Gasteiger partial charge in [0.2, 0.25) is 11.8 Å². The molecule has 0 saturated heterocycles. The van der Waals surface area contributed by atoms with Crippen LogP contribution in [-0.4, -0.2) is 39.7 Å². The smallest absolute Gasteiger partial charge is 0.422 e. The van der Waals surface area contributed by atoms with Crippen LogP contribution in [0.2, 0.25) is 0 Å². The Kier molecular flexibility index (Phi) is 8.14. The zero-order chi connectivity index (χ0) is 24.1. The van der Waals surface area contributed by atoms with Gasteiger partial charge in [-0.2, -0.15) is 13.2 Å². The molecule has 3 N–H and O–H groups in total. The van der Waals surface area contributed by atoms with E-state index in [0.717, 1.165) is 0 Å². The minimum atomic E-state index is -4.47. The fourth-order valence-corrected chi connectivity index (χ4v) is 2.62. The third-order valence-corrected chi connectivity index (χ3v) is 4.35. The maximum Gasteiger partial charge on any atom is 0.422 e. The number of anilines is 1. The van der Waals surface area contributed by atoms with Crippen LogP contribution < -0.4 is 15.4 Å². The fraction of sp³-hybridized carbons (Fsp3) is 0.429. The predicted molar refractivity (Wildman–Crippen MR) is 110 cm³/mol. The van der Waals surface area contributed by atoms with E-state index in [-0.39, 0.29) is 34.8 Å². The van der Waals surface area contributed by atoms with E-state index >= 15 is 0 Å². The second-order valence-corrected chi connectivity index (χ2v) is 7.52. The highest BCUT2D eigenvalue weighted by Crippen LogP contribution is 2.23. The van der Waals surface area contributed by atoms with Gasteiger partial charge in [0.1, 0.15) is 5.82 Å². The van der Waals surface area contributed by atoms with Crippen LogP contribution in [0.25, 0.3) is 0 Å². The minimum absolute atomic E-state index is 0.136. The summed E-state index contributed by atoms with van der Waals surface area (Å²) in [6, 6.07) is 3.82. The summed E-state index contributed by atoms with van der Waals surface area (Å²) >= 11 is 0. The van der Waals surface area contributed by atoms with Gasteiger partial charge in [-0.15, -0.1) is 0 Å². The van der Waals surface area contributed by atoms with Crippen LogP contribution in [0, 0.1) is 12.8 Å². The lowest BCUT2D eigenvalue weighted by Crippen LogP contribution is -2.27. The minimum Gasteiger partial charge on any atom is -0.468 e. The molecule has 2 amide bonds. The highest BCUT2D eigenvalue weighted by atomic mass is 19.4. The summed E-state index contributed by atoms with van der Waals surface area (Å²) in [6.45, 7) is 4.77. The number of halogens is 3. The summed E-state index contributed by atoms with van der Waals surface area (Å²) in [4.78, 5) is 32.6. The van der Waals surface area contributed by atoms with E-state index in [1.54, 1.807) is 33.8 Å². The normalized spacial score (nSPS) is 12.4. The topological polar surface area (TPSA) is 113 Å². The maximum absolute atomic E-state index is 12.7. The Bertz CT molecular complexity index is 980. The lowest BCUT2D eigenvalue weighted by Gasteiger charge is -2.17. The van der Waals surface area contributed by atoms with Crippen LogP contribution in [0.5, 0.6) is 5.88 Å². The van der Waals surface area contributed by atoms with Crippen LogP contribution in [-0.2, 0) is 11.4 Å². The van der Waals surface area contributed by atoms with Crippen LogP contribution in [0.4, 0.5) is 19.0 Å². The van der Waals surface area contributed by atoms with Gasteiger partial charge in [-0.25, -0.2) is 9.97 Å². The molecule has 2 heterocycles. The quantitative estimate of drug-likeness (QED) is 0.564. The van der Waals surface area contributed by atoms with Gasteiger partial charge in [0, 0.05) is 23.2 Å². The average Bonchev–Trinajstić information content (AvgIpc) is 2.71.